The highest BCUT2D eigenvalue weighted by Gasteiger charge is 2.21. The van der Waals surface area contributed by atoms with Crippen LogP contribution in [0.1, 0.15) is 70.8 Å². The molecule has 1 aromatic carbocycles. The summed E-state index contributed by atoms with van der Waals surface area (Å²) in [6.07, 6.45) is 1.33. The van der Waals surface area contributed by atoms with Crippen molar-refractivity contribution in [2.24, 2.45) is 5.73 Å². The maximum absolute atomic E-state index is 12.6. The predicted octanol–water partition coefficient (Wildman–Crippen LogP) is 2.50. The lowest BCUT2D eigenvalue weighted by Crippen LogP contribution is -2.48. The molecular formula is C28H46N6O6. The third-order valence-corrected chi connectivity index (χ3v) is 5.43. The van der Waals surface area contributed by atoms with Gasteiger partial charge in [-0.2, -0.15) is 0 Å². The van der Waals surface area contributed by atoms with E-state index in [4.69, 9.17) is 9.53 Å². The number of primary amides is 1. The highest BCUT2D eigenvalue weighted by Crippen LogP contribution is 2.12. The van der Waals surface area contributed by atoms with Gasteiger partial charge in [0.1, 0.15) is 11.7 Å². The van der Waals surface area contributed by atoms with Crippen LogP contribution in [0.15, 0.2) is 36.4 Å². The van der Waals surface area contributed by atoms with Gasteiger partial charge in [-0.25, -0.2) is 14.8 Å². The first-order chi connectivity index (χ1) is 19.3. The van der Waals surface area contributed by atoms with Gasteiger partial charge in [0, 0.05) is 25.0 Å². The molecule has 2 atom stereocenters. The molecule has 2 rings (SSSR count). The van der Waals surface area contributed by atoms with Gasteiger partial charge in [0.15, 0.2) is 0 Å². The summed E-state index contributed by atoms with van der Waals surface area (Å²) in [6.45, 7) is 10.9. The van der Waals surface area contributed by atoms with Crippen molar-refractivity contribution in [3.63, 3.8) is 0 Å². The Hall–Kier alpha value is -3.77. The van der Waals surface area contributed by atoms with Crippen molar-refractivity contribution < 1.29 is 29.0 Å². The van der Waals surface area contributed by atoms with Crippen LogP contribution in [0.4, 0.5) is 4.79 Å². The van der Waals surface area contributed by atoms with Gasteiger partial charge in [-0.05, 0) is 31.4 Å². The normalized spacial score (nSPS) is 11.6. The number of para-hydroxylation sites is 1. The van der Waals surface area contributed by atoms with Crippen LogP contribution in [0.3, 0.4) is 0 Å². The molecule has 0 saturated carbocycles. The molecule has 2 unspecified atom stereocenters. The fourth-order valence-corrected chi connectivity index (χ4v) is 3.33. The first-order valence-corrected chi connectivity index (χ1v) is 13.8. The van der Waals surface area contributed by atoms with Gasteiger partial charge >= 0.3 is 6.09 Å². The fourth-order valence-electron chi connectivity index (χ4n) is 3.33. The number of hydrogen-bond donors (Lipinski definition) is 5. The van der Waals surface area contributed by atoms with Gasteiger partial charge in [-0.3, -0.25) is 19.8 Å². The van der Waals surface area contributed by atoms with Crippen molar-refractivity contribution in [1.82, 2.24) is 26.1 Å². The summed E-state index contributed by atoms with van der Waals surface area (Å²) in [5, 5.41) is 18.3. The van der Waals surface area contributed by atoms with Gasteiger partial charge in [0.2, 0.25) is 12.3 Å². The number of carbonyl (C=O) groups excluding carboxylic acids is 4. The Labute approximate surface area is 237 Å². The molecule has 1 heterocycles. The number of ether oxygens (including phenoxy) is 1. The Morgan fingerprint density at radius 1 is 1.12 bits per heavy atom. The Morgan fingerprint density at radius 3 is 2.42 bits per heavy atom. The number of amides is 4. The van der Waals surface area contributed by atoms with Crippen LogP contribution < -0.4 is 21.8 Å². The summed E-state index contributed by atoms with van der Waals surface area (Å²) in [7, 11) is 0. The zero-order valence-electron chi connectivity index (χ0n) is 24.3. The summed E-state index contributed by atoms with van der Waals surface area (Å²) in [6, 6.07) is 10.2. The summed E-state index contributed by atoms with van der Waals surface area (Å²) >= 11 is 0. The van der Waals surface area contributed by atoms with Crippen molar-refractivity contribution in [1.29, 1.82) is 0 Å². The molecule has 0 aliphatic carbocycles. The number of fused-ring (bicyclic) bond motifs is 1. The van der Waals surface area contributed by atoms with E-state index in [1.165, 1.54) is 0 Å². The summed E-state index contributed by atoms with van der Waals surface area (Å²) < 4.78 is 5.06. The Morgan fingerprint density at radius 2 is 1.80 bits per heavy atom. The first kappa shape index (κ1) is 36.2. The summed E-state index contributed by atoms with van der Waals surface area (Å²) in [5.74, 6) is -0.757. The van der Waals surface area contributed by atoms with Gasteiger partial charge < -0.3 is 26.2 Å². The minimum atomic E-state index is -0.775. The summed E-state index contributed by atoms with van der Waals surface area (Å²) in [4.78, 5) is 49.9. The zero-order valence-corrected chi connectivity index (χ0v) is 24.3. The molecule has 40 heavy (non-hydrogen) atoms. The maximum atomic E-state index is 12.6. The lowest BCUT2D eigenvalue weighted by atomic mass is 10.1. The molecule has 0 saturated heterocycles. The Balaban J connectivity index is 0.00000284. The maximum Gasteiger partial charge on any atom is 0.421 e. The number of nitrogens with one attached hydrogen (secondary N) is 3. The van der Waals surface area contributed by atoms with Crippen molar-refractivity contribution in [2.75, 3.05) is 26.2 Å². The largest absolute Gasteiger partial charge is 0.449 e. The third-order valence-electron chi connectivity index (χ3n) is 5.43. The number of unbranched alkanes of at least 4 members (excludes halogenated alkanes) is 1. The fraction of sp³-hybridized carbons (Fsp3) is 0.536. The van der Waals surface area contributed by atoms with Crippen LogP contribution in [-0.2, 0) is 14.3 Å². The molecule has 2 aromatic rings. The van der Waals surface area contributed by atoms with Crippen LogP contribution >= 0.6 is 0 Å². The van der Waals surface area contributed by atoms with E-state index in [9.17, 15) is 19.5 Å². The van der Waals surface area contributed by atoms with Crippen LogP contribution in [0.2, 0.25) is 0 Å². The first-order valence-electron chi connectivity index (χ1n) is 13.8. The van der Waals surface area contributed by atoms with E-state index in [0.29, 0.717) is 25.1 Å². The topological polar surface area (TPSA) is 176 Å². The number of hydrazine groups is 1. The predicted molar refractivity (Wildman–Crippen MR) is 155 cm³/mol. The molecule has 0 spiro atoms. The SMILES string of the molecule is CC.CCCCOC(=O)NN(CC)CC(O)CCNC(=O)C(CC)NC(=O)c1ccc2ccccc2n1.NC=O. The number of nitrogens with zero attached hydrogens (tertiary/aromatic N) is 2. The molecule has 0 aliphatic rings. The molecule has 0 aliphatic heterocycles. The number of carbonyl (C=O) groups is 4. The van der Waals surface area contributed by atoms with E-state index in [0.717, 1.165) is 18.2 Å². The van der Waals surface area contributed by atoms with Crippen LogP contribution in [-0.4, -0.2) is 77.8 Å². The van der Waals surface area contributed by atoms with Crippen molar-refractivity contribution in [2.45, 2.75) is 72.4 Å². The molecule has 12 nitrogen and oxygen atoms in total. The highest BCUT2D eigenvalue weighted by molar-refractivity contribution is 5.97. The molecule has 0 bridgehead atoms. The summed E-state index contributed by atoms with van der Waals surface area (Å²) in [5.41, 5.74) is 7.72. The van der Waals surface area contributed by atoms with Crippen molar-refractivity contribution in [3.8, 4) is 0 Å². The number of aromatic nitrogens is 1. The Bertz CT molecular complexity index is 1020. The van der Waals surface area contributed by atoms with Gasteiger partial charge in [0.05, 0.1) is 18.2 Å². The molecule has 0 fully saturated rings. The lowest BCUT2D eigenvalue weighted by Gasteiger charge is -2.24. The number of pyridine rings is 1. The van der Waals surface area contributed by atoms with Gasteiger partial charge in [0.25, 0.3) is 5.91 Å². The monoisotopic (exact) mass is 562 g/mol. The molecule has 6 N–H and O–H groups in total. The number of rotatable bonds is 14. The molecule has 1 aromatic heterocycles. The lowest BCUT2D eigenvalue weighted by molar-refractivity contribution is -0.123. The van der Waals surface area contributed by atoms with E-state index in [1.54, 1.807) is 18.0 Å². The number of likely N-dealkylation sites (N-methyl/N-ethyl adjacent to an activating group) is 1. The highest BCUT2D eigenvalue weighted by atomic mass is 16.6. The second kappa shape index (κ2) is 22.1. The van der Waals surface area contributed by atoms with Crippen LogP contribution in [0, 0.1) is 0 Å². The van der Waals surface area contributed by atoms with Crippen LogP contribution in [0.25, 0.3) is 10.9 Å². The molecule has 12 heteroatoms. The second-order valence-electron chi connectivity index (χ2n) is 8.33. The number of aliphatic hydroxyl groups is 1. The van der Waals surface area contributed by atoms with E-state index >= 15 is 0 Å². The second-order valence-corrected chi connectivity index (χ2v) is 8.33. The quantitative estimate of drug-likeness (QED) is 0.132. The minimum Gasteiger partial charge on any atom is -0.449 e. The minimum absolute atomic E-state index is 0.191. The van der Waals surface area contributed by atoms with E-state index in [1.807, 2.05) is 58.0 Å². The average molecular weight is 563 g/mol. The average Bonchev–Trinajstić information content (AvgIpc) is 2.96. The number of hydrogen-bond acceptors (Lipinski definition) is 8. The molecular weight excluding hydrogens is 516 g/mol. The van der Waals surface area contributed by atoms with E-state index < -0.39 is 24.1 Å². The number of nitrogens with two attached hydrogens (primary N) is 1. The van der Waals surface area contributed by atoms with E-state index in [2.05, 4.69) is 26.8 Å². The van der Waals surface area contributed by atoms with Crippen molar-refractivity contribution >= 4 is 35.2 Å². The molecule has 4 amide bonds. The Kier molecular flexibility index (Phi) is 20.0. The number of benzene rings is 1. The van der Waals surface area contributed by atoms with Crippen LogP contribution in [0.5, 0.6) is 0 Å². The van der Waals surface area contributed by atoms with E-state index in [-0.39, 0.29) is 37.5 Å². The molecule has 0 radical (unpaired) electrons. The van der Waals surface area contributed by atoms with Gasteiger partial charge in [-0.15, -0.1) is 0 Å². The smallest absolute Gasteiger partial charge is 0.421 e. The number of aliphatic hydroxyl groups excluding tert-OH is 1. The molecule has 224 valence electrons. The standard InChI is InChI=1S/C25H37N5O5.C2H6.CH3NO/c1-4-7-16-35-25(34)29-30(6-3)17-19(31)14-15-26-23(32)20(5-2)28-24(33)22-13-12-18-10-8-9-11-21(18)27-22;1-2;2-1-3/h8-13,19-20,31H,4-7,14-17H2,1-3H3,(H,26,32)(H,28,33)(H,29,34);1-2H3;1H,(H2,2,3). The van der Waals surface area contributed by atoms with Gasteiger partial charge in [-0.1, -0.05) is 65.3 Å². The van der Waals surface area contributed by atoms with Crippen molar-refractivity contribution in [3.05, 3.63) is 42.1 Å². The third kappa shape index (κ3) is 14.4. The zero-order chi connectivity index (χ0) is 30.3.